The van der Waals surface area contributed by atoms with Crippen LogP contribution >= 0.6 is 0 Å². The van der Waals surface area contributed by atoms with Crippen LogP contribution in [-0.2, 0) is 11.3 Å². The standard InChI is InChI=1S/C15H24N2O/c1-11-7-6-8-12(9-11)10-17(5)14(18)13(16)15(2,3)4/h6-9,13H,10,16H2,1-5H3/t13-/m0/s1. The first kappa shape index (κ1) is 14.7. The zero-order valence-corrected chi connectivity index (χ0v) is 12.0. The number of carbonyl (C=O) groups is 1. The van der Waals surface area contributed by atoms with E-state index in [4.69, 9.17) is 5.73 Å². The van der Waals surface area contributed by atoms with Crippen LogP contribution < -0.4 is 5.73 Å². The van der Waals surface area contributed by atoms with E-state index in [-0.39, 0.29) is 11.3 Å². The molecule has 18 heavy (non-hydrogen) atoms. The number of carbonyl (C=O) groups excluding carboxylic acids is 1. The SMILES string of the molecule is Cc1cccc(CN(C)C(=O)[C@H](N)C(C)(C)C)c1. The predicted octanol–water partition coefficient (Wildman–Crippen LogP) is 2.33. The van der Waals surface area contributed by atoms with Crippen LogP contribution in [0.1, 0.15) is 31.9 Å². The molecule has 0 fully saturated rings. The molecule has 0 radical (unpaired) electrons. The quantitative estimate of drug-likeness (QED) is 0.892. The number of rotatable bonds is 3. The second kappa shape index (κ2) is 5.53. The van der Waals surface area contributed by atoms with E-state index in [0.29, 0.717) is 6.54 Å². The summed E-state index contributed by atoms with van der Waals surface area (Å²) >= 11 is 0. The normalized spacial score (nSPS) is 13.2. The van der Waals surface area contributed by atoms with E-state index in [1.54, 1.807) is 11.9 Å². The van der Waals surface area contributed by atoms with Crippen LogP contribution in [0.4, 0.5) is 0 Å². The van der Waals surface area contributed by atoms with Gasteiger partial charge in [-0.2, -0.15) is 0 Å². The lowest BCUT2D eigenvalue weighted by Gasteiger charge is -2.30. The van der Waals surface area contributed by atoms with E-state index in [1.807, 2.05) is 45.9 Å². The number of hydrogen-bond acceptors (Lipinski definition) is 2. The van der Waals surface area contributed by atoms with Crippen molar-refractivity contribution in [1.29, 1.82) is 0 Å². The lowest BCUT2D eigenvalue weighted by Crippen LogP contribution is -2.48. The van der Waals surface area contributed by atoms with Gasteiger partial charge in [-0.25, -0.2) is 0 Å². The zero-order chi connectivity index (χ0) is 13.9. The van der Waals surface area contributed by atoms with E-state index in [2.05, 4.69) is 6.07 Å². The first-order chi connectivity index (χ1) is 8.21. The van der Waals surface area contributed by atoms with Gasteiger partial charge in [0.1, 0.15) is 0 Å². The molecule has 3 nitrogen and oxygen atoms in total. The Morgan fingerprint density at radius 1 is 1.39 bits per heavy atom. The molecular formula is C15H24N2O. The van der Waals surface area contributed by atoms with E-state index in [9.17, 15) is 4.79 Å². The Balaban J connectivity index is 2.71. The summed E-state index contributed by atoms with van der Waals surface area (Å²) < 4.78 is 0. The van der Waals surface area contributed by atoms with Gasteiger partial charge < -0.3 is 10.6 Å². The number of benzene rings is 1. The Morgan fingerprint density at radius 3 is 2.50 bits per heavy atom. The Labute approximate surface area is 110 Å². The van der Waals surface area contributed by atoms with Crippen molar-refractivity contribution in [2.75, 3.05) is 7.05 Å². The molecule has 3 heteroatoms. The van der Waals surface area contributed by atoms with Gasteiger partial charge in [-0.15, -0.1) is 0 Å². The fourth-order valence-corrected chi connectivity index (χ4v) is 1.77. The van der Waals surface area contributed by atoms with Crippen LogP contribution in [0.5, 0.6) is 0 Å². The Hall–Kier alpha value is -1.35. The molecule has 1 rings (SSSR count). The van der Waals surface area contributed by atoms with Crippen LogP contribution in [0.15, 0.2) is 24.3 Å². The minimum absolute atomic E-state index is 0.0102. The highest BCUT2D eigenvalue weighted by atomic mass is 16.2. The molecule has 2 N–H and O–H groups in total. The van der Waals surface area contributed by atoms with E-state index >= 15 is 0 Å². The highest BCUT2D eigenvalue weighted by molar-refractivity contribution is 5.82. The van der Waals surface area contributed by atoms with Crippen LogP contribution in [0.2, 0.25) is 0 Å². The van der Waals surface area contributed by atoms with Crippen molar-refractivity contribution < 1.29 is 4.79 Å². The number of likely N-dealkylation sites (N-methyl/N-ethyl adjacent to an activating group) is 1. The van der Waals surface area contributed by atoms with E-state index in [1.165, 1.54) is 5.56 Å². The van der Waals surface area contributed by atoms with E-state index < -0.39 is 6.04 Å². The monoisotopic (exact) mass is 248 g/mol. The average Bonchev–Trinajstić information content (AvgIpc) is 2.25. The minimum atomic E-state index is -0.465. The molecule has 0 unspecified atom stereocenters. The van der Waals surface area contributed by atoms with Crippen molar-refractivity contribution in [3.05, 3.63) is 35.4 Å². The van der Waals surface area contributed by atoms with Gasteiger partial charge in [0.05, 0.1) is 6.04 Å². The second-order valence-electron chi connectivity index (χ2n) is 6.03. The number of nitrogens with two attached hydrogens (primary N) is 1. The molecule has 0 bridgehead atoms. The van der Waals surface area contributed by atoms with Crippen molar-refractivity contribution in [3.8, 4) is 0 Å². The largest absolute Gasteiger partial charge is 0.340 e. The van der Waals surface area contributed by atoms with Crippen molar-refractivity contribution in [3.63, 3.8) is 0 Å². The number of aryl methyl sites for hydroxylation is 1. The van der Waals surface area contributed by atoms with Gasteiger partial charge in [0.25, 0.3) is 0 Å². The molecule has 1 atom stereocenters. The number of nitrogens with zero attached hydrogens (tertiary/aromatic N) is 1. The zero-order valence-electron chi connectivity index (χ0n) is 12.0. The third-order valence-electron chi connectivity index (χ3n) is 3.08. The molecule has 0 saturated carbocycles. The highest BCUT2D eigenvalue weighted by Crippen LogP contribution is 2.19. The average molecular weight is 248 g/mol. The molecule has 0 saturated heterocycles. The minimum Gasteiger partial charge on any atom is -0.340 e. The highest BCUT2D eigenvalue weighted by Gasteiger charge is 2.29. The van der Waals surface area contributed by atoms with Gasteiger partial charge in [-0.1, -0.05) is 50.6 Å². The van der Waals surface area contributed by atoms with E-state index in [0.717, 1.165) is 5.56 Å². The topological polar surface area (TPSA) is 46.3 Å². The molecule has 0 heterocycles. The van der Waals surface area contributed by atoms with Gasteiger partial charge in [0.2, 0.25) is 5.91 Å². The number of amides is 1. The molecular weight excluding hydrogens is 224 g/mol. The Bertz CT molecular complexity index is 421. The predicted molar refractivity (Wildman–Crippen MR) is 75.1 cm³/mol. The molecule has 0 aliphatic heterocycles. The summed E-state index contributed by atoms with van der Waals surface area (Å²) in [5.41, 5.74) is 8.11. The van der Waals surface area contributed by atoms with Crippen LogP contribution in [0.3, 0.4) is 0 Å². The maximum atomic E-state index is 12.2. The third-order valence-corrected chi connectivity index (χ3v) is 3.08. The first-order valence-corrected chi connectivity index (χ1v) is 6.28. The van der Waals surface area contributed by atoms with Gasteiger partial charge in [-0.05, 0) is 17.9 Å². The molecule has 0 aromatic heterocycles. The van der Waals surface area contributed by atoms with Gasteiger partial charge in [0, 0.05) is 13.6 Å². The van der Waals surface area contributed by atoms with Gasteiger partial charge in [-0.3, -0.25) is 4.79 Å². The first-order valence-electron chi connectivity index (χ1n) is 6.28. The second-order valence-corrected chi connectivity index (χ2v) is 6.03. The summed E-state index contributed by atoms with van der Waals surface area (Å²) in [6, 6.07) is 7.71. The van der Waals surface area contributed by atoms with Gasteiger partial charge >= 0.3 is 0 Å². The Morgan fingerprint density at radius 2 is 2.00 bits per heavy atom. The molecule has 1 aromatic rings. The summed E-state index contributed by atoms with van der Waals surface area (Å²) in [5.74, 6) is -0.0102. The summed E-state index contributed by atoms with van der Waals surface area (Å²) in [6.07, 6.45) is 0. The van der Waals surface area contributed by atoms with Crippen LogP contribution in [0, 0.1) is 12.3 Å². The molecule has 0 aliphatic carbocycles. The fourth-order valence-electron chi connectivity index (χ4n) is 1.77. The summed E-state index contributed by atoms with van der Waals surface area (Å²) in [7, 11) is 1.80. The number of hydrogen-bond donors (Lipinski definition) is 1. The summed E-state index contributed by atoms with van der Waals surface area (Å²) in [4.78, 5) is 13.9. The lowest BCUT2D eigenvalue weighted by atomic mass is 9.86. The summed E-state index contributed by atoms with van der Waals surface area (Å²) in [5, 5.41) is 0. The van der Waals surface area contributed by atoms with Crippen molar-refractivity contribution in [2.45, 2.75) is 40.3 Å². The van der Waals surface area contributed by atoms with Crippen molar-refractivity contribution in [2.24, 2.45) is 11.1 Å². The molecule has 1 amide bonds. The van der Waals surface area contributed by atoms with Crippen molar-refractivity contribution >= 4 is 5.91 Å². The fraction of sp³-hybridized carbons (Fsp3) is 0.533. The maximum Gasteiger partial charge on any atom is 0.240 e. The van der Waals surface area contributed by atoms with Crippen LogP contribution in [0.25, 0.3) is 0 Å². The van der Waals surface area contributed by atoms with Crippen LogP contribution in [-0.4, -0.2) is 23.9 Å². The molecule has 0 spiro atoms. The third kappa shape index (κ3) is 3.84. The Kier molecular flexibility index (Phi) is 4.52. The van der Waals surface area contributed by atoms with Crippen molar-refractivity contribution in [1.82, 2.24) is 4.90 Å². The molecule has 0 aliphatic rings. The lowest BCUT2D eigenvalue weighted by molar-refractivity contribution is -0.134. The molecule has 100 valence electrons. The smallest absolute Gasteiger partial charge is 0.240 e. The molecule has 1 aromatic carbocycles. The van der Waals surface area contributed by atoms with Gasteiger partial charge in [0.15, 0.2) is 0 Å². The maximum absolute atomic E-state index is 12.2. The summed E-state index contributed by atoms with van der Waals surface area (Å²) in [6.45, 7) is 8.60.